The second kappa shape index (κ2) is 4.86. The number of hydrogen-bond acceptors (Lipinski definition) is 3. The smallest absolute Gasteiger partial charge is 0.396 e. The number of carboxylic acids is 1. The van der Waals surface area contributed by atoms with E-state index in [1.807, 2.05) is 39.0 Å². The van der Waals surface area contributed by atoms with Gasteiger partial charge in [-0.1, -0.05) is 39.0 Å². The van der Waals surface area contributed by atoms with Crippen molar-refractivity contribution in [2.24, 2.45) is 0 Å². The molecule has 5 heteroatoms. The summed E-state index contributed by atoms with van der Waals surface area (Å²) < 4.78 is 0. The number of aliphatic carboxylic acids is 1. The molecule has 1 rings (SSSR count). The summed E-state index contributed by atoms with van der Waals surface area (Å²) >= 11 is 0. The van der Waals surface area contributed by atoms with Crippen LogP contribution in [0.15, 0.2) is 24.3 Å². The normalized spacial score (nSPS) is 10.8. The lowest BCUT2D eigenvalue weighted by Gasteiger charge is -2.23. The molecule has 0 saturated heterocycles. The summed E-state index contributed by atoms with van der Waals surface area (Å²) in [6, 6.07) is 7.41. The van der Waals surface area contributed by atoms with Crippen molar-refractivity contribution in [1.82, 2.24) is 5.43 Å². The second-order valence-corrected chi connectivity index (χ2v) is 4.68. The molecule has 0 aliphatic rings. The van der Waals surface area contributed by atoms with Crippen LogP contribution >= 0.6 is 0 Å². The molecule has 1 amide bonds. The van der Waals surface area contributed by atoms with Gasteiger partial charge in [-0.25, -0.2) is 4.79 Å². The molecule has 1 aromatic carbocycles. The zero-order valence-electron chi connectivity index (χ0n) is 10.1. The van der Waals surface area contributed by atoms with Gasteiger partial charge in [0.25, 0.3) is 0 Å². The highest BCUT2D eigenvalue weighted by Crippen LogP contribution is 2.28. The first-order chi connectivity index (χ1) is 7.82. The van der Waals surface area contributed by atoms with Crippen LogP contribution in [0.2, 0.25) is 0 Å². The summed E-state index contributed by atoms with van der Waals surface area (Å²) in [6.45, 7) is 6.10. The molecule has 92 valence electrons. The molecule has 0 aromatic heterocycles. The maximum atomic E-state index is 10.9. The lowest BCUT2D eigenvalue weighted by atomic mass is 9.86. The van der Waals surface area contributed by atoms with Crippen LogP contribution in [-0.2, 0) is 15.0 Å². The van der Waals surface area contributed by atoms with E-state index in [-0.39, 0.29) is 5.41 Å². The highest BCUT2D eigenvalue weighted by Gasteiger charge is 2.18. The van der Waals surface area contributed by atoms with Crippen LogP contribution in [-0.4, -0.2) is 17.0 Å². The van der Waals surface area contributed by atoms with Gasteiger partial charge in [0, 0.05) is 0 Å². The molecule has 0 aliphatic carbocycles. The molecule has 0 heterocycles. The van der Waals surface area contributed by atoms with Gasteiger partial charge in [-0.2, -0.15) is 0 Å². The minimum Gasteiger partial charge on any atom is -0.474 e. The van der Waals surface area contributed by atoms with Crippen LogP contribution in [0, 0.1) is 0 Å². The monoisotopic (exact) mass is 236 g/mol. The lowest BCUT2D eigenvalue weighted by Crippen LogP contribution is -2.35. The average molecular weight is 236 g/mol. The maximum Gasteiger partial charge on any atom is 0.396 e. The molecule has 0 bridgehead atoms. The first-order valence-electron chi connectivity index (χ1n) is 5.21. The van der Waals surface area contributed by atoms with Gasteiger partial charge >= 0.3 is 11.9 Å². The molecule has 3 N–H and O–H groups in total. The maximum absolute atomic E-state index is 10.9. The number of nitrogens with one attached hydrogen (secondary N) is 2. The molecule has 0 radical (unpaired) electrons. The van der Waals surface area contributed by atoms with Gasteiger partial charge in [0.15, 0.2) is 0 Å². The standard InChI is InChI=1S/C12H16N2O3/c1-12(2,3)8-6-4-5-7-9(8)13-14-10(15)11(16)17/h4-7,13H,1-3H3,(H,14,15)(H,16,17). The zero-order chi connectivity index (χ0) is 13.1. The predicted octanol–water partition coefficient (Wildman–Crippen LogP) is 1.51. The Morgan fingerprint density at radius 2 is 1.76 bits per heavy atom. The number of benzene rings is 1. The Bertz CT molecular complexity index is 436. The molecular weight excluding hydrogens is 220 g/mol. The van der Waals surface area contributed by atoms with E-state index in [1.165, 1.54) is 0 Å². The molecule has 0 spiro atoms. The van der Waals surface area contributed by atoms with Crippen LogP contribution in [0.3, 0.4) is 0 Å². The van der Waals surface area contributed by atoms with Gasteiger partial charge in [0.1, 0.15) is 0 Å². The van der Waals surface area contributed by atoms with Gasteiger partial charge in [0.2, 0.25) is 0 Å². The summed E-state index contributed by atoms with van der Waals surface area (Å²) in [5.41, 5.74) is 6.32. The number of carbonyl (C=O) groups is 2. The number of hydrogen-bond donors (Lipinski definition) is 3. The Hall–Kier alpha value is -2.04. The number of para-hydroxylation sites is 1. The number of anilines is 1. The largest absolute Gasteiger partial charge is 0.474 e. The first-order valence-corrected chi connectivity index (χ1v) is 5.21. The van der Waals surface area contributed by atoms with Gasteiger partial charge in [-0.05, 0) is 17.0 Å². The van der Waals surface area contributed by atoms with Gasteiger partial charge in [-0.3, -0.25) is 15.6 Å². The summed E-state index contributed by atoms with van der Waals surface area (Å²) in [5, 5.41) is 8.44. The Morgan fingerprint density at radius 1 is 1.18 bits per heavy atom. The highest BCUT2D eigenvalue weighted by molar-refractivity contribution is 6.31. The molecule has 0 aliphatic heterocycles. The zero-order valence-corrected chi connectivity index (χ0v) is 10.1. The van der Waals surface area contributed by atoms with E-state index in [0.29, 0.717) is 5.69 Å². The van der Waals surface area contributed by atoms with Gasteiger partial charge in [-0.15, -0.1) is 0 Å². The van der Waals surface area contributed by atoms with E-state index in [2.05, 4.69) is 10.9 Å². The van der Waals surface area contributed by atoms with Crippen molar-refractivity contribution < 1.29 is 14.7 Å². The minimum atomic E-state index is -1.52. The summed E-state index contributed by atoms with van der Waals surface area (Å²) in [5.74, 6) is -2.61. The molecule has 17 heavy (non-hydrogen) atoms. The van der Waals surface area contributed by atoms with Crippen LogP contribution in [0.4, 0.5) is 5.69 Å². The van der Waals surface area contributed by atoms with E-state index in [1.54, 1.807) is 6.07 Å². The van der Waals surface area contributed by atoms with E-state index in [0.717, 1.165) is 5.56 Å². The number of rotatable bonds is 2. The van der Waals surface area contributed by atoms with E-state index >= 15 is 0 Å². The fourth-order valence-corrected chi connectivity index (χ4v) is 1.42. The topological polar surface area (TPSA) is 78.4 Å². The third-order valence-electron chi connectivity index (χ3n) is 2.24. The number of hydrazine groups is 1. The third kappa shape index (κ3) is 3.48. The number of carboxylic acid groups (broad SMARTS) is 1. The van der Waals surface area contributed by atoms with E-state index in [4.69, 9.17) is 5.11 Å². The van der Waals surface area contributed by atoms with Crippen LogP contribution in [0.1, 0.15) is 26.3 Å². The Morgan fingerprint density at radius 3 is 2.29 bits per heavy atom. The number of carbonyl (C=O) groups excluding carboxylic acids is 1. The fraction of sp³-hybridized carbons (Fsp3) is 0.333. The van der Waals surface area contributed by atoms with Gasteiger partial charge < -0.3 is 5.11 Å². The number of amides is 1. The van der Waals surface area contributed by atoms with E-state index in [9.17, 15) is 9.59 Å². The first kappa shape index (κ1) is 13.0. The average Bonchev–Trinajstić information content (AvgIpc) is 2.24. The fourth-order valence-electron chi connectivity index (χ4n) is 1.42. The molecule has 1 aromatic rings. The molecule has 0 saturated carbocycles. The van der Waals surface area contributed by atoms with E-state index < -0.39 is 11.9 Å². The minimum absolute atomic E-state index is 0.0997. The predicted molar refractivity (Wildman–Crippen MR) is 64.5 cm³/mol. The van der Waals surface area contributed by atoms with Crippen molar-refractivity contribution >= 4 is 17.6 Å². The van der Waals surface area contributed by atoms with Crippen molar-refractivity contribution in [2.75, 3.05) is 5.43 Å². The summed E-state index contributed by atoms with van der Waals surface area (Å²) in [7, 11) is 0. The lowest BCUT2D eigenvalue weighted by molar-refractivity contribution is -0.149. The quantitative estimate of drug-likeness (QED) is 0.537. The Balaban J connectivity index is 2.85. The molecule has 0 atom stereocenters. The van der Waals surface area contributed by atoms with Crippen molar-refractivity contribution in [2.45, 2.75) is 26.2 Å². The van der Waals surface area contributed by atoms with Crippen LogP contribution < -0.4 is 10.9 Å². The molecular formula is C12H16N2O3. The SMILES string of the molecule is CC(C)(C)c1ccccc1NNC(=O)C(=O)O. The van der Waals surface area contributed by atoms with Crippen molar-refractivity contribution in [3.8, 4) is 0 Å². The molecule has 0 unspecified atom stereocenters. The third-order valence-corrected chi connectivity index (χ3v) is 2.24. The summed E-state index contributed by atoms with van der Waals surface area (Å²) in [4.78, 5) is 21.3. The second-order valence-electron chi connectivity index (χ2n) is 4.68. The molecule has 0 fully saturated rings. The van der Waals surface area contributed by atoms with Crippen molar-refractivity contribution in [1.29, 1.82) is 0 Å². The van der Waals surface area contributed by atoms with Crippen molar-refractivity contribution in [3.05, 3.63) is 29.8 Å². The van der Waals surface area contributed by atoms with Crippen LogP contribution in [0.25, 0.3) is 0 Å². The Labute approximate surface area is 99.8 Å². The highest BCUT2D eigenvalue weighted by atomic mass is 16.4. The van der Waals surface area contributed by atoms with Crippen molar-refractivity contribution in [3.63, 3.8) is 0 Å². The molecule has 5 nitrogen and oxygen atoms in total. The Kier molecular flexibility index (Phi) is 3.73. The van der Waals surface area contributed by atoms with Gasteiger partial charge in [0.05, 0.1) is 5.69 Å². The summed E-state index contributed by atoms with van der Waals surface area (Å²) in [6.07, 6.45) is 0. The van der Waals surface area contributed by atoms with Crippen LogP contribution in [0.5, 0.6) is 0 Å².